The zero-order chi connectivity index (χ0) is 18.7. The molecule has 0 spiro atoms. The third kappa shape index (κ3) is 4.72. The normalized spacial score (nSPS) is 23.3. The van der Waals surface area contributed by atoms with Gasteiger partial charge in [-0.05, 0) is 62.8 Å². The Balaban J connectivity index is 1.34. The second-order valence-corrected chi connectivity index (χ2v) is 8.64. The van der Waals surface area contributed by atoms with Gasteiger partial charge in [0.1, 0.15) is 0 Å². The van der Waals surface area contributed by atoms with E-state index in [9.17, 15) is 0 Å². The molecule has 2 aromatic rings. The molecule has 2 aliphatic heterocycles. The fraction of sp³-hybridized carbons (Fsp3) is 0.500. The van der Waals surface area contributed by atoms with Crippen molar-refractivity contribution in [3.05, 3.63) is 54.6 Å². The average Bonchev–Trinajstić information content (AvgIpc) is 2.69. The van der Waals surface area contributed by atoms with Crippen LogP contribution in [0.4, 0.5) is 5.69 Å². The maximum atomic E-state index is 5.86. The van der Waals surface area contributed by atoms with Crippen LogP contribution in [-0.4, -0.2) is 37.4 Å². The molecule has 0 bridgehead atoms. The van der Waals surface area contributed by atoms with E-state index in [-0.39, 0.29) is 5.60 Å². The standard InChI is InChI=1S/C24H32N2O/c1-24(2)18-22(13-16-27-24)25-21-11-14-26(15-12-21)23-10-6-9-20(17-23)19-7-4-3-5-8-19/h3-10,17,21-22,25H,11-16,18H2,1-2H3/t22-/m0/s1. The highest BCUT2D eigenvalue weighted by atomic mass is 16.5. The Labute approximate surface area is 163 Å². The Kier molecular flexibility index (Phi) is 5.51. The number of nitrogens with one attached hydrogen (secondary N) is 1. The molecule has 0 radical (unpaired) electrons. The van der Waals surface area contributed by atoms with E-state index in [0.29, 0.717) is 12.1 Å². The number of benzene rings is 2. The predicted octanol–water partition coefficient (Wildman–Crippen LogP) is 4.87. The molecular formula is C24H32N2O. The molecule has 4 rings (SSSR count). The third-order valence-corrected chi connectivity index (χ3v) is 5.98. The van der Waals surface area contributed by atoms with Gasteiger partial charge in [-0.1, -0.05) is 42.5 Å². The molecule has 0 saturated carbocycles. The molecule has 144 valence electrons. The monoisotopic (exact) mass is 364 g/mol. The van der Waals surface area contributed by atoms with Gasteiger partial charge < -0.3 is 15.0 Å². The van der Waals surface area contributed by atoms with Crippen molar-refractivity contribution in [1.82, 2.24) is 5.32 Å². The maximum Gasteiger partial charge on any atom is 0.0641 e. The molecule has 3 heteroatoms. The highest BCUT2D eigenvalue weighted by molar-refractivity contribution is 5.68. The molecule has 2 fully saturated rings. The number of anilines is 1. The molecule has 1 N–H and O–H groups in total. The summed E-state index contributed by atoms with van der Waals surface area (Å²) < 4.78 is 5.86. The van der Waals surface area contributed by atoms with Gasteiger partial charge in [0.25, 0.3) is 0 Å². The number of hydrogen-bond acceptors (Lipinski definition) is 3. The van der Waals surface area contributed by atoms with Crippen LogP contribution in [-0.2, 0) is 4.74 Å². The smallest absolute Gasteiger partial charge is 0.0641 e. The molecule has 1 atom stereocenters. The summed E-state index contributed by atoms with van der Waals surface area (Å²) in [6.07, 6.45) is 4.69. The van der Waals surface area contributed by atoms with Gasteiger partial charge in [-0.25, -0.2) is 0 Å². The maximum absolute atomic E-state index is 5.86. The van der Waals surface area contributed by atoms with Crippen molar-refractivity contribution in [2.24, 2.45) is 0 Å². The first-order chi connectivity index (χ1) is 13.1. The average molecular weight is 365 g/mol. The lowest BCUT2D eigenvalue weighted by molar-refractivity contribution is -0.0644. The van der Waals surface area contributed by atoms with E-state index in [1.165, 1.54) is 29.7 Å². The van der Waals surface area contributed by atoms with Crippen LogP contribution in [0, 0.1) is 0 Å². The highest BCUT2D eigenvalue weighted by Gasteiger charge is 2.30. The Bertz CT molecular complexity index is 735. The zero-order valence-electron chi connectivity index (χ0n) is 16.7. The lowest BCUT2D eigenvalue weighted by atomic mass is 9.92. The predicted molar refractivity (Wildman–Crippen MR) is 113 cm³/mol. The van der Waals surface area contributed by atoms with E-state index in [4.69, 9.17) is 4.74 Å². The van der Waals surface area contributed by atoms with Crippen molar-refractivity contribution in [1.29, 1.82) is 0 Å². The quantitative estimate of drug-likeness (QED) is 0.838. The van der Waals surface area contributed by atoms with Crippen LogP contribution < -0.4 is 10.2 Å². The molecule has 0 unspecified atom stereocenters. The summed E-state index contributed by atoms with van der Waals surface area (Å²) in [7, 11) is 0. The summed E-state index contributed by atoms with van der Waals surface area (Å²) >= 11 is 0. The van der Waals surface area contributed by atoms with Crippen LogP contribution in [0.1, 0.15) is 39.5 Å². The first-order valence-electron chi connectivity index (χ1n) is 10.4. The summed E-state index contributed by atoms with van der Waals surface area (Å²) in [4.78, 5) is 2.54. The Morgan fingerprint density at radius 2 is 1.63 bits per heavy atom. The van der Waals surface area contributed by atoms with Gasteiger partial charge >= 0.3 is 0 Å². The van der Waals surface area contributed by atoms with Crippen molar-refractivity contribution in [2.45, 2.75) is 57.2 Å². The van der Waals surface area contributed by atoms with Crippen molar-refractivity contribution in [3.8, 4) is 11.1 Å². The number of piperidine rings is 1. The summed E-state index contributed by atoms with van der Waals surface area (Å²) in [5.74, 6) is 0. The van der Waals surface area contributed by atoms with Gasteiger partial charge in [0.2, 0.25) is 0 Å². The number of nitrogens with zero attached hydrogens (tertiary/aromatic N) is 1. The van der Waals surface area contributed by atoms with Gasteiger partial charge in [0, 0.05) is 37.5 Å². The largest absolute Gasteiger partial charge is 0.375 e. The molecule has 0 aliphatic carbocycles. The molecule has 0 amide bonds. The van der Waals surface area contributed by atoms with Crippen molar-refractivity contribution >= 4 is 5.69 Å². The van der Waals surface area contributed by atoms with E-state index in [1.807, 2.05) is 0 Å². The first-order valence-corrected chi connectivity index (χ1v) is 10.4. The molecule has 2 saturated heterocycles. The Morgan fingerprint density at radius 1 is 0.889 bits per heavy atom. The number of hydrogen-bond donors (Lipinski definition) is 1. The van der Waals surface area contributed by atoms with E-state index in [0.717, 1.165) is 32.5 Å². The van der Waals surface area contributed by atoms with Crippen LogP contribution in [0.2, 0.25) is 0 Å². The van der Waals surface area contributed by atoms with Gasteiger partial charge in [0.05, 0.1) is 5.60 Å². The molecule has 3 nitrogen and oxygen atoms in total. The Morgan fingerprint density at radius 3 is 2.37 bits per heavy atom. The summed E-state index contributed by atoms with van der Waals surface area (Å²) in [5, 5.41) is 3.92. The number of ether oxygens (including phenoxy) is 1. The van der Waals surface area contributed by atoms with Gasteiger partial charge in [-0.15, -0.1) is 0 Å². The zero-order valence-corrected chi connectivity index (χ0v) is 16.7. The third-order valence-electron chi connectivity index (χ3n) is 5.98. The Hall–Kier alpha value is -1.84. The SMILES string of the molecule is CC1(C)C[C@@H](NC2CCN(c3cccc(-c4ccccc4)c3)CC2)CCO1. The highest BCUT2D eigenvalue weighted by Crippen LogP contribution is 2.28. The van der Waals surface area contributed by atoms with Crippen molar-refractivity contribution in [3.63, 3.8) is 0 Å². The van der Waals surface area contributed by atoms with Gasteiger partial charge in [-0.3, -0.25) is 0 Å². The van der Waals surface area contributed by atoms with Crippen molar-refractivity contribution < 1.29 is 4.74 Å². The minimum Gasteiger partial charge on any atom is -0.375 e. The lowest BCUT2D eigenvalue weighted by Crippen LogP contribution is -2.50. The molecular weight excluding hydrogens is 332 g/mol. The first kappa shape index (κ1) is 18.5. The fourth-order valence-electron chi connectivity index (χ4n) is 4.52. The van der Waals surface area contributed by atoms with Crippen LogP contribution in [0.5, 0.6) is 0 Å². The fourth-order valence-corrected chi connectivity index (χ4v) is 4.52. The minimum atomic E-state index is 0.0223. The van der Waals surface area contributed by atoms with E-state index in [1.54, 1.807) is 0 Å². The van der Waals surface area contributed by atoms with Crippen molar-refractivity contribution in [2.75, 3.05) is 24.6 Å². The molecule has 2 heterocycles. The molecule has 0 aromatic heterocycles. The lowest BCUT2D eigenvalue weighted by Gasteiger charge is -2.40. The second-order valence-electron chi connectivity index (χ2n) is 8.64. The van der Waals surface area contributed by atoms with Gasteiger partial charge in [-0.2, -0.15) is 0 Å². The number of rotatable bonds is 4. The van der Waals surface area contributed by atoms with Crippen LogP contribution in [0.25, 0.3) is 11.1 Å². The van der Waals surface area contributed by atoms with E-state index < -0.39 is 0 Å². The van der Waals surface area contributed by atoms with Crippen LogP contribution in [0.3, 0.4) is 0 Å². The summed E-state index contributed by atoms with van der Waals surface area (Å²) in [6, 6.07) is 20.9. The van der Waals surface area contributed by atoms with Gasteiger partial charge in [0.15, 0.2) is 0 Å². The summed E-state index contributed by atoms with van der Waals surface area (Å²) in [5.41, 5.74) is 3.96. The molecule has 2 aromatic carbocycles. The molecule has 27 heavy (non-hydrogen) atoms. The topological polar surface area (TPSA) is 24.5 Å². The van der Waals surface area contributed by atoms with Crippen LogP contribution in [0.15, 0.2) is 54.6 Å². The minimum absolute atomic E-state index is 0.0223. The van der Waals surface area contributed by atoms with E-state index in [2.05, 4.69) is 78.7 Å². The summed E-state index contributed by atoms with van der Waals surface area (Å²) in [6.45, 7) is 7.56. The van der Waals surface area contributed by atoms with Crippen LogP contribution >= 0.6 is 0 Å². The second kappa shape index (κ2) is 8.04. The molecule has 2 aliphatic rings. The van der Waals surface area contributed by atoms with E-state index >= 15 is 0 Å².